The molecule has 1 heterocycles. The van der Waals surface area contributed by atoms with Crippen molar-refractivity contribution in [1.29, 1.82) is 0 Å². The van der Waals surface area contributed by atoms with Gasteiger partial charge in [-0.15, -0.1) is 0 Å². The largest absolute Gasteiger partial charge is 0.506 e. The highest BCUT2D eigenvalue weighted by Gasteiger charge is 1.98. The Morgan fingerprint density at radius 2 is 2.30 bits per heavy atom. The molecule has 0 aliphatic heterocycles. The Balaban J connectivity index is 3.07. The summed E-state index contributed by atoms with van der Waals surface area (Å²) in [5, 5.41) is 17.4. The van der Waals surface area contributed by atoms with Gasteiger partial charge >= 0.3 is 0 Å². The molecule has 0 aliphatic rings. The van der Waals surface area contributed by atoms with Crippen molar-refractivity contribution in [2.75, 3.05) is 5.73 Å². The molecule has 4 heteroatoms. The highest BCUT2D eigenvalue weighted by molar-refractivity contribution is 5.46. The molecule has 1 aromatic heterocycles. The highest BCUT2D eigenvalue weighted by Crippen LogP contribution is 2.14. The molecule has 0 unspecified atom stereocenters. The van der Waals surface area contributed by atoms with Gasteiger partial charge in [-0.05, 0) is 0 Å². The van der Waals surface area contributed by atoms with E-state index < -0.39 is 0 Å². The lowest BCUT2D eigenvalue weighted by Crippen LogP contribution is -1.96. The number of aromatic nitrogens is 1. The van der Waals surface area contributed by atoms with Crippen LogP contribution in [0.2, 0.25) is 0 Å². The number of hydrogen-bond acceptors (Lipinski definition) is 4. The number of nitrogen functional groups attached to an aromatic ring is 1. The van der Waals surface area contributed by atoms with Gasteiger partial charge in [0.1, 0.15) is 5.75 Å². The van der Waals surface area contributed by atoms with E-state index in [2.05, 4.69) is 4.98 Å². The van der Waals surface area contributed by atoms with Crippen molar-refractivity contribution in [2.45, 2.75) is 6.61 Å². The predicted molar refractivity (Wildman–Crippen MR) is 36.2 cm³/mol. The third kappa shape index (κ3) is 1.16. The number of nitrogens with two attached hydrogens (primary N) is 1. The lowest BCUT2D eigenvalue weighted by molar-refractivity contribution is 0.277. The summed E-state index contributed by atoms with van der Waals surface area (Å²) in [6, 6.07) is 1.35. The molecule has 1 aromatic rings. The molecule has 0 amide bonds. The molecule has 10 heavy (non-hydrogen) atoms. The van der Waals surface area contributed by atoms with E-state index in [0.29, 0.717) is 11.4 Å². The number of hydrogen-bond donors (Lipinski definition) is 3. The summed E-state index contributed by atoms with van der Waals surface area (Å²) < 4.78 is 0. The molecule has 0 bridgehead atoms. The van der Waals surface area contributed by atoms with Crippen LogP contribution in [0, 0.1) is 0 Å². The van der Waals surface area contributed by atoms with Crippen molar-refractivity contribution in [3.63, 3.8) is 0 Å². The smallest absolute Gasteiger partial charge is 0.135 e. The van der Waals surface area contributed by atoms with Crippen LogP contribution in [0.3, 0.4) is 0 Å². The van der Waals surface area contributed by atoms with E-state index in [0.717, 1.165) is 0 Å². The van der Waals surface area contributed by atoms with Crippen LogP contribution >= 0.6 is 0 Å². The highest BCUT2D eigenvalue weighted by atomic mass is 16.3. The summed E-state index contributed by atoms with van der Waals surface area (Å²) >= 11 is 0. The van der Waals surface area contributed by atoms with Gasteiger partial charge in [-0.1, -0.05) is 0 Å². The Kier molecular flexibility index (Phi) is 1.73. The van der Waals surface area contributed by atoms with E-state index in [9.17, 15) is 0 Å². The lowest BCUT2D eigenvalue weighted by Gasteiger charge is -1.99. The summed E-state index contributed by atoms with van der Waals surface area (Å²) in [5.41, 5.74) is 6.04. The van der Waals surface area contributed by atoms with E-state index in [1.807, 2.05) is 0 Å². The number of nitrogens with zero attached hydrogens (tertiary/aromatic N) is 1. The molecule has 0 spiro atoms. The first-order valence-corrected chi connectivity index (χ1v) is 2.78. The van der Waals surface area contributed by atoms with Crippen LogP contribution in [0.5, 0.6) is 5.75 Å². The fraction of sp³-hybridized carbons (Fsp3) is 0.167. The Hall–Kier alpha value is -1.29. The first kappa shape index (κ1) is 6.82. The summed E-state index contributed by atoms with van der Waals surface area (Å²) in [7, 11) is 0. The van der Waals surface area contributed by atoms with E-state index in [-0.39, 0.29) is 12.4 Å². The molecule has 4 nitrogen and oxygen atoms in total. The zero-order chi connectivity index (χ0) is 7.56. The van der Waals surface area contributed by atoms with Crippen molar-refractivity contribution in [3.8, 4) is 5.75 Å². The Morgan fingerprint density at radius 1 is 1.60 bits per heavy atom. The van der Waals surface area contributed by atoms with Gasteiger partial charge in [0.2, 0.25) is 0 Å². The second-order valence-electron chi connectivity index (χ2n) is 1.89. The standard InChI is InChI=1S/C6H8N2O2/c7-5-1-4(10)2-8-6(5)3-9/h1-2,9-10H,3,7H2. The fourth-order valence-corrected chi connectivity index (χ4v) is 0.631. The van der Waals surface area contributed by atoms with Gasteiger partial charge in [-0.25, -0.2) is 0 Å². The second-order valence-corrected chi connectivity index (χ2v) is 1.89. The predicted octanol–water partition coefficient (Wildman–Crippen LogP) is -0.138. The van der Waals surface area contributed by atoms with Gasteiger partial charge < -0.3 is 15.9 Å². The van der Waals surface area contributed by atoms with Crippen molar-refractivity contribution in [3.05, 3.63) is 18.0 Å². The Labute approximate surface area is 57.9 Å². The molecule has 4 N–H and O–H groups in total. The molecule has 54 valence electrons. The topological polar surface area (TPSA) is 79.4 Å². The van der Waals surface area contributed by atoms with Crippen LogP contribution in [-0.2, 0) is 6.61 Å². The second kappa shape index (κ2) is 2.53. The van der Waals surface area contributed by atoms with E-state index in [4.69, 9.17) is 15.9 Å². The average Bonchev–Trinajstić information content (AvgIpc) is 1.88. The van der Waals surface area contributed by atoms with Crippen molar-refractivity contribution >= 4 is 5.69 Å². The molecule has 0 saturated carbocycles. The first-order valence-electron chi connectivity index (χ1n) is 2.78. The number of aromatic hydroxyl groups is 1. The number of anilines is 1. The Bertz CT molecular complexity index is 237. The third-order valence-electron chi connectivity index (χ3n) is 1.14. The zero-order valence-corrected chi connectivity index (χ0v) is 5.28. The zero-order valence-electron chi connectivity index (χ0n) is 5.28. The summed E-state index contributed by atoms with van der Waals surface area (Å²) in [6.07, 6.45) is 1.24. The number of pyridine rings is 1. The third-order valence-corrected chi connectivity index (χ3v) is 1.14. The summed E-state index contributed by atoms with van der Waals surface area (Å²) in [6.45, 7) is -0.202. The summed E-state index contributed by atoms with van der Waals surface area (Å²) in [5.74, 6) is 0.00898. The summed E-state index contributed by atoms with van der Waals surface area (Å²) in [4.78, 5) is 3.67. The average molecular weight is 140 g/mol. The van der Waals surface area contributed by atoms with Gasteiger partial charge in [0.05, 0.1) is 24.2 Å². The molecular weight excluding hydrogens is 132 g/mol. The quantitative estimate of drug-likeness (QED) is 0.507. The van der Waals surface area contributed by atoms with E-state index >= 15 is 0 Å². The number of rotatable bonds is 1. The number of aliphatic hydroxyl groups excluding tert-OH is 1. The SMILES string of the molecule is Nc1cc(O)cnc1CO. The minimum atomic E-state index is -0.202. The minimum absolute atomic E-state index is 0.00898. The van der Waals surface area contributed by atoms with Gasteiger partial charge in [-0.2, -0.15) is 0 Å². The van der Waals surface area contributed by atoms with Crippen molar-refractivity contribution in [1.82, 2.24) is 4.98 Å². The van der Waals surface area contributed by atoms with E-state index in [1.54, 1.807) is 0 Å². The molecule has 1 rings (SSSR count). The van der Waals surface area contributed by atoms with Crippen LogP contribution < -0.4 is 5.73 Å². The lowest BCUT2D eigenvalue weighted by atomic mass is 10.3. The molecule has 0 fully saturated rings. The van der Waals surface area contributed by atoms with Gasteiger partial charge in [0.15, 0.2) is 0 Å². The van der Waals surface area contributed by atoms with Gasteiger partial charge in [0, 0.05) is 6.07 Å². The molecular formula is C6H8N2O2. The number of aliphatic hydroxyl groups is 1. The van der Waals surface area contributed by atoms with Gasteiger partial charge in [-0.3, -0.25) is 4.98 Å². The van der Waals surface area contributed by atoms with Crippen LogP contribution in [0.25, 0.3) is 0 Å². The maximum Gasteiger partial charge on any atom is 0.135 e. The molecule has 0 atom stereocenters. The maximum absolute atomic E-state index is 8.81. The normalized spacial score (nSPS) is 9.70. The first-order chi connectivity index (χ1) is 4.74. The van der Waals surface area contributed by atoms with Crippen molar-refractivity contribution in [2.24, 2.45) is 0 Å². The monoisotopic (exact) mass is 140 g/mol. The van der Waals surface area contributed by atoms with Crippen LogP contribution in [0.15, 0.2) is 12.3 Å². The molecule has 0 aliphatic carbocycles. The van der Waals surface area contributed by atoms with Crippen LogP contribution in [0.4, 0.5) is 5.69 Å². The Morgan fingerprint density at radius 3 is 2.80 bits per heavy atom. The van der Waals surface area contributed by atoms with Gasteiger partial charge in [0.25, 0.3) is 0 Å². The van der Waals surface area contributed by atoms with Crippen molar-refractivity contribution < 1.29 is 10.2 Å². The van der Waals surface area contributed by atoms with Crippen LogP contribution in [-0.4, -0.2) is 15.2 Å². The molecule has 0 radical (unpaired) electrons. The molecule has 0 aromatic carbocycles. The van der Waals surface area contributed by atoms with Crippen LogP contribution in [0.1, 0.15) is 5.69 Å². The fourth-order valence-electron chi connectivity index (χ4n) is 0.631. The minimum Gasteiger partial charge on any atom is -0.506 e. The van der Waals surface area contributed by atoms with E-state index in [1.165, 1.54) is 12.3 Å². The maximum atomic E-state index is 8.81. The molecule has 0 saturated heterocycles.